The monoisotopic (exact) mass is 339 g/mol. The summed E-state index contributed by atoms with van der Waals surface area (Å²) in [6.45, 7) is 1.96. The van der Waals surface area contributed by atoms with E-state index in [0.717, 1.165) is 28.8 Å². The summed E-state index contributed by atoms with van der Waals surface area (Å²) >= 11 is 3.41. The molecule has 3 rings (SSSR count). The quantitative estimate of drug-likeness (QED) is 0.744. The molecule has 106 valence electrons. The highest BCUT2D eigenvalue weighted by atomic mass is 79.9. The predicted molar refractivity (Wildman–Crippen MR) is 76.8 cm³/mol. The summed E-state index contributed by atoms with van der Waals surface area (Å²) in [6.07, 6.45) is 1.44. The van der Waals surface area contributed by atoms with Gasteiger partial charge in [-0.2, -0.15) is 0 Å². The van der Waals surface area contributed by atoms with Gasteiger partial charge in [-0.3, -0.25) is 14.5 Å². The number of para-hydroxylation sites is 1. The Morgan fingerprint density at radius 3 is 2.95 bits per heavy atom. The van der Waals surface area contributed by atoms with Crippen LogP contribution < -0.4 is 9.80 Å². The largest absolute Gasteiger partial charge is 0.387 e. The number of amides is 1. The number of hydrogen-bond donors (Lipinski definition) is 2. The maximum absolute atomic E-state index is 12.1. The molecule has 0 saturated carbocycles. The molecule has 2 aliphatic heterocycles. The number of nitrogens with one attached hydrogen (secondary N) is 1. The molecule has 2 atom stereocenters. The molecule has 6 heteroatoms. The molecule has 0 bridgehead atoms. The lowest BCUT2D eigenvalue weighted by atomic mass is 10.1. The van der Waals surface area contributed by atoms with Crippen molar-refractivity contribution in [2.45, 2.75) is 18.9 Å². The molecule has 2 aliphatic rings. The summed E-state index contributed by atoms with van der Waals surface area (Å²) in [6, 6.07) is 5.27. The van der Waals surface area contributed by atoms with E-state index in [1.807, 2.05) is 6.07 Å². The van der Waals surface area contributed by atoms with Crippen LogP contribution in [0.2, 0.25) is 0 Å². The van der Waals surface area contributed by atoms with Crippen molar-refractivity contribution in [2.24, 2.45) is 0 Å². The van der Waals surface area contributed by atoms with Crippen LogP contribution in [0.25, 0.3) is 0 Å². The summed E-state index contributed by atoms with van der Waals surface area (Å²) in [5.74, 6) is -0.919. The minimum absolute atomic E-state index is 0.314. The maximum Gasteiger partial charge on any atom is 0.303 e. The Morgan fingerprint density at radius 2 is 2.20 bits per heavy atom. The maximum atomic E-state index is 12.1. The van der Waals surface area contributed by atoms with E-state index in [-0.39, 0.29) is 6.10 Å². The first-order chi connectivity index (χ1) is 9.58. The summed E-state index contributed by atoms with van der Waals surface area (Å²) in [7, 11) is 0. The van der Waals surface area contributed by atoms with Crippen molar-refractivity contribution in [1.29, 1.82) is 0 Å². The average molecular weight is 340 g/mol. The number of rotatable bonds is 2. The number of likely N-dealkylation sites (tertiary alicyclic amines) is 1. The van der Waals surface area contributed by atoms with E-state index < -0.39 is 11.7 Å². The Labute approximate surface area is 125 Å². The fraction of sp³-hybridized carbons (Fsp3) is 0.429. The van der Waals surface area contributed by atoms with E-state index in [4.69, 9.17) is 0 Å². The number of piperidine rings is 1. The number of benzene rings is 1. The summed E-state index contributed by atoms with van der Waals surface area (Å²) in [4.78, 5) is 26.8. The fourth-order valence-electron chi connectivity index (χ4n) is 2.96. The third-order valence-electron chi connectivity index (χ3n) is 3.91. The summed E-state index contributed by atoms with van der Waals surface area (Å²) in [5, 5.41) is 9.72. The van der Waals surface area contributed by atoms with Crippen molar-refractivity contribution in [3.05, 3.63) is 28.2 Å². The standard InChI is InChI=1S/C14H15BrN2O3/c15-11-5-1-4-10-12(11)17(14(20)13(10)19)8-16-6-2-3-9(18)7-16/h1,4-5,9,18H,2-3,6-8H2/p+1/t9-/m1/s1. The SMILES string of the molecule is O=C1C(=O)N(C[NH+]2CCC[C@@H](O)C2)c2c(Br)cccc21. The van der Waals surface area contributed by atoms with Gasteiger partial charge in [0.25, 0.3) is 5.78 Å². The van der Waals surface area contributed by atoms with Crippen LogP contribution in [-0.4, -0.2) is 42.7 Å². The number of carbonyl (C=O) groups is 2. The van der Waals surface area contributed by atoms with Gasteiger partial charge in [-0.25, -0.2) is 0 Å². The van der Waals surface area contributed by atoms with Crippen LogP contribution in [0.1, 0.15) is 23.2 Å². The van der Waals surface area contributed by atoms with Crippen LogP contribution >= 0.6 is 15.9 Å². The van der Waals surface area contributed by atoms with Crippen LogP contribution in [0.5, 0.6) is 0 Å². The first-order valence-corrected chi connectivity index (χ1v) is 7.53. The van der Waals surface area contributed by atoms with Crippen LogP contribution in [0.15, 0.2) is 22.7 Å². The smallest absolute Gasteiger partial charge is 0.303 e. The van der Waals surface area contributed by atoms with E-state index in [0.29, 0.717) is 24.5 Å². The van der Waals surface area contributed by atoms with Crippen molar-refractivity contribution < 1.29 is 19.6 Å². The van der Waals surface area contributed by atoms with Gasteiger partial charge in [0.15, 0.2) is 6.67 Å². The second-order valence-corrected chi connectivity index (χ2v) is 6.21. The van der Waals surface area contributed by atoms with Crippen molar-refractivity contribution in [1.82, 2.24) is 0 Å². The molecule has 1 aromatic carbocycles. The zero-order valence-corrected chi connectivity index (χ0v) is 12.5. The van der Waals surface area contributed by atoms with Crippen LogP contribution in [0.3, 0.4) is 0 Å². The third kappa shape index (κ3) is 2.28. The molecular formula is C14H16BrN2O3+. The molecule has 0 radical (unpaired) electrons. The van der Waals surface area contributed by atoms with Crippen molar-refractivity contribution >= 4 is 33.3 Å². The predicted octanol–water partition coefficient (Wildman–Crippen LogP) is -0.0245. The number of aliphatic hydroxyl groups is 1. The zero-order chi connectivity index (χ0) is 14.3. The van der Waals surface area contributed by atoms with E-state index in [1.54, 1.807) is 12.1 Å². The Morgan fingerprint density at radius 1 is 1.40 bits per heavy atom. The minimum Gasteiger partial charge on any atom is -0.387 e. The van der Waals surface area contributed by atoms with Gasteiger partial charge in [-0.15, -0.1) is 0 Å². The number of ketones is 1. The second kappa shape index (κ2) is 5.27. The molecule has 1 amide bonds. The first-order valence-electron chi connectivity index (χ1n) is 6.74. The molecule has 5 nitrogen and oxygen atoms in total. The lowest BCUT2D eigenvalue weighted by Crippen LogP contribution is -3.15. The second-order valence-electron chi connectivity index (χ2n) is 5.36. The van der Waals surface area contributed by atoms with Crippen LogP contribution in [0.4, 0.5) is 5.69 Å². The molecule has 1 fully saturated rings. The summed E-state index contributed by atoms with van der Waals surface area (Å²) in [5.41, 5.74) is 1.12. The topological polar surface area (TPSA) is 62.0 Å². The van der Waals surface area contributed by atoms with Crippen LogP contribution in [0, 0.1) is 0 Å². The molecule has 0 aliphatic carbocycles. The highest BCUT2D eigenvalue weighted by Crippen LogP contribution is 2.35. The number of fused-ring (bicyclic) bond motifs is 1. The van der Waals surface area contributed by atoms with Crippen molar-refractivity contribution in [2.75, 3.05) is 24.7 Å². The molecule has 1 aromatic rings. The number of quaternary nitrogens is 1. The van der Waals surface area contributed by atoms with Gasteiger partial charge in [0.05, 0.1) is 17.8 Å². The van der Waals surface area contributed by atoms with Crippen molar-refractivity contribution in [3.63, 3.8) is 0 Å². The molecule has 0 spiro atoms. The third-order valence-corrected chi connectivity index (χ3v) is 4.55. The number of hydrogen-bond acceptors (Lipinski definition) is 3. The van der Waals surface area contributed by atoms with Crippen molar-refractivity contribution in [3.8, 4) is 0 Å². The molecule has 2 N–H and O–H groups in total. The number of anilines is 1. The molecule has 2 heterocycles. The lowest BCUT2D eigenvalue weighted by Gasteiger charge is -2.30. The number of nitrogens with zero attached hydrogens (tertiary/aromatic N) is 1. The van der Waals surface area contributed by atoms with Gasteiger partial charge in [-0.1, -0.05) is 6.07 Å². The highest BCUT2D eigenvalue weighted by Gasteiger charge is 2.39. The van der Waals surface area contributed by atoms with E-state index in [1.165, 1.54) is 4.90 Å². The fourth-order valence-corrected chi connectivity index (χ4v) is 3.54. The van der Waals surface area contributed by atoms with Gasteiger partial charge < -0.3 is 10.0 Å². The Kier molecular flexibility index (Phi) is 3.62. The Bertz CT molecular complexity index is 576. The van der Waals surface area contributed by atoms with Crippen LogP contribution in [-0.2, 0) is 4.79 Å². The number of carbonyl (C=O) groups excluding carboxylic acids is 2. The summed E-state index contributed by atoms with van der Waals surface area (Å²) < 4.78 is 0.756. The van der Waals surface area contributed by atoms with Gasteiger partial charge in [-0.05, 0) is 40.9 Å². The van der Waals surface area contributed by atoms with Gasteiger partial charge >= 0.3 is 5.91 Å². The number of Topliss-reactive ketones (excluding diaryl/α,β-unsaturated/α-hetero) is 1. The van der Waals surface area contributed by atoms with E-state index in [9.17, 15) is 14.7 Å². The highest BCUT2D eigenvalue weighted by molar-refractivity contribution is 9.10. The zero-order valence-electron chi connectivity index (χ0n) is 10.9. The number of aliphatic hydroxyl groups excluding tert-OH is 1. The Balaban J connectivity index is 1.87. The molecule has 0 aromatic heterocycles. The van der Waals surface area contributed by atoms with E-state index in [2.05, 4.69) is 15.9 Å². The molecule has 20 heavy (non-hydrogen) atoms. The average Bonchev–Trinajstić information content (AvgIpc) is 2.66. The normalized spacial score (nSPS) is 26.0. The molecular weight excluding hydrogens is 324 g/mol. The molecule has 1 saturated heterocycles. The van der Waals surface area contributed by atoms with E-state index >= 15 is 0 Å². The van der Waals surface area contributed by atoms with Gasteiger partial charge in [0.1, 0.15) is 12.6 Å². The minimum atomic E-state index is -0.473. The number of halogens is 1. The molecule has 1 unspecified atom stereocenters. The van der Waals surface area contributed by atoms with Gasteiger partial charge in [0.2, 0.25) is 0 Å². The Hall–Kier alpha value is -1.24. The lowest BCUT2D eigenvalue weighted by molar-refractivity contribution is -0.907. The first kappa shape index (κ1) is 13.7. The van der Waals surface area contributed by atoms with Gasteiger partial charge in [0, 0.05) is 4.47 Å².